The third-order valence-corrected chi connectivity index (χ3v) is 6.39. The Labute approximate surface area is 190 Å². The lowest BCUT2D eigenvalue weighted by atomic mass is 9.81. The number of aliphatic carboxylic acids is 1. The number of ether oxygens (including phenoxy) is 1. The summed E-state index contributed by atoms with van der Waals surface area (Å²) in [6.07, 6.45) is 0.531. The van der Waals surface area contributed by atoms with Gasteiger partial charge in [-0.25, -0.2) is 4.79 Å². The summed E-state index contributed by atoms with van der Waals surface area (Å²) in [5, 5.41) is 9.19. The van der Waals surface area contributed by atoms with E-state index in [9.17, 15) is 19.5 Å². The van der Waals surface area contributed by atoms with Gasteiger partial charge in [-0.1, -0.05) is 44.2 Å². The molecule has 32 heavy (non-hydrogen) atoms. The van der Waals surface area contributed by atoms with Crippen LogP contribution in [0.2, 0.25) is 0 Å². The maximum absolute atomic E-state index is 13.3. The van der Waals surface area contributed by atoms with E-state index < -0.39 is 17.0 Å². The number of amides is 2. The molecule has 2 amide bonds. The zero-order chi connectivity index (χ0) is 23.7. The van der Waals surface area contributed by atoms with Crippen molar-refractivity contribution in [2.24, 2.45) is 11.3 Å². The quantitative estimate of drug-likeness (QED) is 0.738. The number of carboxylic acids is 1. The number of rotatable bonds is 5. The lowest BCUT2D eigenvalue weighted by molar-refractivity contribution is -0.141. The minimum Gasteiger partial charge on any atom is -0.481 e. The average molecular weight is 445 g/mol. The van der Waals surface area contributed by atoms with Gasteiger partial charge in [0.2, 0.25) is 5.91 Å². The minimum atomic E-state index is -0.894. The van der Waals surface area contributed by atoms with Gasteiger partial charge < -0.3 is 19.6 Å². The summed E-state index contributed by atoms with van der Waals surface area (Å²) in [6, 6.07) is 10.2. The van der Waals surface area contributed by atoms with Crippen LogP contribution in [0.15, 0.2) is 30.3 Å². The number of nitrogens with zero attached hydrogens (tertiary/aromatic N) is 2. The molecule has 2 aliphatic heterocycles. The molecule has 1 aromatic carbocycles. The topological polar surface area (TPSA) is 87.2 Å². The minimum absolute atomic E-state index is 0.00426. The number of hydrogen-bond donors (Lipinski definition) is 1. The molecule has 176 valence electrons. The van der Waals surface area contributed by atoms with E-state index in [2.05, 4.69) is 12.1 Å². The number of likely N-dealkylation sites (tertiary alicyclic amines) is 2. The molecule has 7 heteroatoms. The molecule has 0 radical (unpaired) electrons. The van der Waals surface area contributed by atoms with Crippen molar-refractivity contribution < 1.29 is 24.2 Å². The zero-order valence-corrected chi connectivity index (χ0v) is 19.8. The third kappa shape index (κ3) is 5.81. The summed E-state index contributed by atoms with van der Waals surface area (Å²) >= 11 is 0. The number of carbonyl (C=O) groups is 3. The molecule has 0 saturated carbocycles. The van der Waals surface area contributed by atoms with Crippen LogP contribution in [-0.4, -0.2) is 64.2 Å². The molecule has 1 N–H and O–H groups in total. The smallest absolute Gasteiger partial charge is 0.410 e. The van der Waals surface area contributed by atoms with Crippen molar-refractivity contribution in [2.45, 2.75) is 71.4 Å². The first-order chi connectivity index (χ1) is 14.9. The molecule has 7 nitrogen and oxygen atoms in total. The van der Waals surface area contributed by atoms with Crippen LogP contribution in [0, 0.1) is 11.3 Å². The highest BCUT2D eigenvalue weighted by Crippen LogP contribution is 2.43. The van der Waals surface area contributed by atoms with Crippen molar-refractivity contribution in [3.63, 3.8) is 0 Å². The Balaban J connectivity index is 1.81. The van der Waals surface area contributed by atoms with Crippen molar-refractivity contribution >= 4 is 18.0 Å². The van der Waals surface area contributed by atoms with E-state index in [-0.39, 0.29) is 42.7 Å². The zero-order valence-electron chi connectivity index (χ0n) is 19.8. The van der Waals surface area contributed by atoms with Crippen molar-refractivity contribution in [1.29, 1.82) is 0 Å². The molecule has 0 spiro atoms. The molecule has 0 aliphatic carbocycles. The average Bonchev–Trinajstić information content (AvgIpc) is 3.05. The van der Waals surface area contributed by atoms with E-state index in [0.29, 0.717) is 26.1 Å². The maximum Gasteiger partial charge on any atom is 0.410 e. The number of carbonyl (C=O) groups excluding carboxylic acids is 2. The molecule has 3 atom stereocenters. The van der Waals surface area contributed by atoms with Gasteiger partial charge in [0.05, 0.1) is 6.42 Å². The standard InChI is InChI=1S/C25H36N2O5/c1-24(2,3)32-23(31)26-12-11-20-19(15-26)18(17-9-7-6-8-10-17)16-27(20)21(28)13-25(4,5)14-22(29)30/h6-10,18-20H,11-16H2,1-5H3,(H,29,30)/t18-,19-,20-/m0/s1. The van der Waals surface area contributed by atoms with Gasteiger partial charge in [0.15, 0.2) is 0 Å². The molecular weight excluding hydrogens is 408 g/mol. The number of carboxylic acid groups (broad SMARTS) is 1. The van der Waals surface area contributed by atoms with Crippen LogP contribution in [0.4, 0.5) is 4.79 Å². The Hall–Kier alpha value is -2.57. The van der Waals surface area contributed by atoms with Crippen molar-refractivity contribution in [2.75, 3.05) is 19.6 Å². The third-order valence-electron chi connectivity index (χ3n) is 6.39. The summed E-state index contributed by atoms with van der Waals surface area (Å²) in [7, 11) is 0. The first kappa shape index (κ1) is 24.1. The second kappa shape index (κ2) is 9.12. The van der Waals surface area contributed by atoms with Crippen LogP contribution >= 0.6 is 0 Å². The lowest BCUT2D eigenvalue weighted by Crippen LogP contribution is -2.51. The van der Waals surface area contributed by atoms with Crippen LogP contribution in [0.3, 0.4) is 0 Å². The van der Waals surface area contributed by atoms with Gasteiger partial charge in [-0.15, -0.1) is 0 Å². The molecule has 3 rings (SSSR count). The fraction of sp³-hybridized carbons (Fsp3) is 0.640. The van der Waals surface area contributed by atoms with Crippen molar-refractivity contribution in [3.05, 3.63) is 35.9 Å². The van der Waals surface area contributed by atoms with Gasteiger partial charge in [-0.2, -0.15) is 0 Å². The molecule has 2 fully saturated rings. The highest BCUT2D eigenvalue weighted by atomic mass is 16.6. The maximum atomic E-state index is 13.3. The van der Waals surface area contributed by atoms with Crippen molar-refractivity contribution in [1.82, 2.24) is 9.80 Å². The molecule has 2 aliphatic rings. The van der Waals surface area contributed by atoms with Crippen LogP contribution in [0.1, 0.15) is 65.4 Å². The first-order valence-electron chi connectivity index (χ1n) is 11.4. The van der Waals surface area contributed by atoms with E-state index in [0.717, 1.165) is 5.56 Å². The van der Waals surface area contributed by atoms with E-state index >= 15 is 0 Å². The Morgan fingerprint density at radius 2 is 1.69 bits per heavy atom. The Bertz CT molecular complexity index is 846. The molecule has 0 aromatic heterocycles. The Morgan fingerprint density at radius 1 is 1.03 bits per heavy atom. The molecule has 1 aromatic rings. The van der Waals surface area contributed by atoms with Gasteiger partial charge in [-0.3, -0.25) is 9.59 Å². The molecule has 2 heterocycles. The number of hydrogen-bond acceptors (Lipinski definition) is 4. The van der Waals surface area contributed by atoms with Crippen LogP contribution in [0.25, 0.3) is 0 Å². The van der Waals surface area contributed by atoms with E-state index in [1.807, 2.05) is 57.7 Å². The van der Waals surface area contributed by atoms with E-state index in [1.54, 1.807) is 4.90 Å². The predicted octanol–water partition coefficient (Wildman–Crippen LogP) is 4.13. The summed E-state index contributed by atoms with van der Waals surface area (Å²) in [5.74, 6) is -0.659. The second-order valence-corrected chi connectivity index (χ2v) is 10.9. The molecule has 2 saturated heterocycles. The van der Waals surface area contributed by atoms with Crippen molar-refractivity contribution in [3.8, 4) is 0 Å². The lowest BCUT2D eigenvalue weighted by Gasteiger charge is -2.39. The first-order valence-corrected chi connectivity index (χ1v) is 11.4. The molecule has 0 bridgehead atoms. The van der Waals surface area contributed by atoms with Crippen LogP contribution in [-0.2, 0) is 14.3 Å². The normalized spacial score (nSPS) is 23.6. The van der Waals surface area contributed by atoms with Gasteiger partial charge >= 0.3 is 12.1 Å². The highest BCUT2D eigenvalue weighted by molar-refractivity contribution is 5.79. The summed E-state index contributed by atoms with van der Waals surface area (Å²) in [5.41, 5.74) is -0.00527. The van der Waals surface area contributed by atoms with Crippen LogP contribution < -0.4 is 0 Å². The fourth-order valence-corrected chi connectivity index (χ4v) is 5.05. The Morgan fingerprint density at radius 3 is 2.28 bits per heavy atom. The number of benzene rings is 1. The van der Waals surface area contributed by atoms with Gasteiger partial charge in [0, 0.05) is 43.9 Å². The van der Waals surface area contributed by atoms with E-state index in [1.165, 1.54) is 0 Å². The van der Waals surface area contributed by atoms with E-state index in [4.69, 9.17) is 4.74 Å². The van der Waals surface area contributed by atoms with Gasteiger partial charge in [0.25, 0.3) is 0 Å². The SMILES string of the molecule is CC(C)(CC(=O)O)CC(=O)N1C[C@@H](c2ccccc2)[C@@H]2CN(C(=O)OC(C)(C)C)CC[C@@H]21. The summed E-state index contributed by atoms with van der Waals surface area (Å²) in [4.78, 5) is 40.9. The second-order valence-electron chi connectivity index (χ2n) is 10.9. The largest absolute Gasteiger partial charge is 0.481 e. The number of fused-ring (bicyclic) bond motifs is 1. The van der Waals surface area contributed by atoms with Gasteiger partial charge in [-0.05, 0) is 38.2 Å². The number of piperidine rings is 1. The predicted molar refractivity (Wildman–Crippen MR) is 121 cm³/mol. The van der Waals surface area contributed by atoms with Gasteiger partial charge in [0.1, 0.15) is 5.60 Å². The monoisotopic (exact) mass is 444 g/mol. The summed E-state index contributed by atoms with van der Waals surface area (Å²) in [6.45, 7) is 10.9. The van der Waals surface area contributed by atoms with Crippen LogP contribution in [0.5, 0.6) is 0 Å². The highest BCUT2D eigenvalue weighted by Gasteiger charge is 2.48. The molecule has 0 unspecified atom stereocenters. The summed E-state index contributed by atoms with van der Waals surface area (Å²) < 4.78 is 5.59. The molecular formula is C25H36N2O5. The fourth-order valence-electron chi connectivity index (χ4n) is 5.05. The Kier molecular flexibility index (Phi) is 6.86.